The molecule has 3 aromatic carbocycles. The second kappa shape index (κ2) is 11.9. The van der Waals surface area contributed by atoms with E-state index in [0.29, 0.717) is 11.8 Å². The summed E-state index contributed by atoms with van der Waals surface area (Å²) in [6.45, 7) is 2.17. The van der Waals surface area contributed by atoms with Gasteiger partial charge in [0.2, 0.25) is 0 Å². The third-order valence-corrected chi connectivity index (χ3v) is 8.54. The van der Waals surface area contributed by atoms with E-state index in [4.69, 9.17) is 4.98 Å². The van der Waals surface area contributed by atoms with Crippen LogP contribution in [0.25, 0.3) is 28.3 Å². The van der Waals surface area contributed by atoms with E-state index in [1.165, 1.54) is 86.7 Å². The number of imidazole rings is 1. The Bertz CT molecular complexity index is 1270. The van der Waals surface area contributed by atoms with Crippen LogP contribution >= 0.6 is 0 Å². The Kier molecular flexibility index (Phi) is 8.43. The zero-order chi connectivity index (χ0) is 24.3. The first-order chi connectivity index (χ1) is 17.8. The first-order valence-corrected chi connectivity index (χ1v) is 14.1. The van der Waals surface area contributed by atoms with Crippen molar-refractivity contribution in [2.75, 3.05) is 0 Å². The van der Waals surface area contributed by atoms with Crippen molar-refractivity contribution in [1.29, 1.82) is 0 Å². The molecule has 2 saturated carbocycles. The van der Waals surface area contributed by atoms with Gasteiger partial charge in [0.15, 0.2) is 0 Å². The number of benzene rings is 3. The molecule has 0 amide bonds. The molecule has 4 aromatic rings. The van der Waals surface area contributed by atoms with Crippen molar-refractivity contribution < 1.29 is 20.1 Å². The van der Waals surface area contributed by atoms with E-state index in [0.717, 1.165) is 11.4 Å². The Morgan fingerprint density at radius 3 is 1.95 bits per heavy atom. The summed E-state index contributed by atoms with van der Waals surface area (Å²) in [7, 11) is 0. The van der Waals surface area contributed by atoms with E-state index >= 15 is 0 Å². The number of para-hydroxylation sites is 1. The third-order valence-electron chi connectivity index (χ3n) is 8.54. The van der Waals surface area contributed by atoms with Crippen LogP contribution in [0.3, 0.4) is 0 Å². The Morgan fingerprint density at radius 1 is 0.730 bits per heavy atom. The average molecular weight is 666 g/mol. The maximum atomic E-state index is 5.10. The second-order valence-corrected chi connectivity index (χ2v) is 10.8. The summed E-state index contributed by atoms with van der Waals surface area (Å²) in [4.78, 5) is 5.10. The standard InChI is InChI=1S/C34H37N2.Ir/c1-25-14-11-12-21-29(25)34-35-24-32(36(34)28-19-9-4-10-20-28)33-30(26-15-5-2-6-16-26)22-13-23-31(33)27-17-7-3-8-18-27;/h4,9-14,19-20,22-24,26-27H,2-3,5-8,15-18H2,1H3;/q-1;. The molecule has 1 heterocycles. The van der Waals surface area contributed by atoms with Gasteiger partial charge in [-0.2, -0.15) is 0 Å². The molecule has 0 N–H and O–H groups in total. The van der Waals surface area contributed by atoms with Crippen LogP contribution in [0, 0.1) is 13.0 Å². The van der Waals surface area contributed by atoms with Gasteiger partial charge in [0.05, 0.1) is 11.5 Å². The van der Waals surface area contributed by atoms with Gasteiger partial charge in [0.1, 0.15) is 0 Å². The average Bonchev–Trinajstić information content (AvgIpc) is 3.39. The molecular weight excluding hydrogens is 629 g/mol. The number of nitrogens with zero attached hydrogens (tertiary/aromatic N) is 2. The molecule has 1 aromatic heterocycles. The maximum absolute atomic E-state index is 5.10. The van der Waals surface area contributed by atoms with Crippen LogP contribution < -0.4 is 0 Å². The van der Waals surface area contributed by atoms with E-state index in [9.17, 15) is 0 Å². The Morgan fingerprint density at radius 2 is 1.35 bits per heavy atom. The zero-order valence-corrected chi connectivity index (χ0v) is 24.3. The van der Waals surface area contributed by atoms with Crippen molar-refractivity contribution in [3.05, 3.63) is 95.7 Å². The number of aromatic nitrogens is 2. The quantitative estimate of drug-likeness (QED) is 0.194. The molecule has 0 aliphatic heterocycles. The van der Waals surface area contributed by atoms with Crippen molar-refractivity contribution in [1.82, 2.24) is 9.55 Å². The molecule has 2 fully saturated rings. The van der Waals surface area contributed by atoms with Gasteiger partial charge in [-0.15, -0.1) is 35.4 Å². The van der Waals surface area contributed by atoms with E-state index in [-0.39, 0.29) is 20.1 Å². The number of rotatable bonds is 5. The fraction of sp³-hybridized carbons (Fsp3) is 0.382. The van der Waals surface area contributed by atoms with Crippen LogP contribution in [0.2, 0.25) is 0 Å². The molecule has 2 nitrogen and oxygen atoms in total. The Labute approximate surface area is 235 Å². The minimum Gasteiger partial charge on any atom is -0.333 e. The summed E-state index contributed by atoms with van der Waals surface area (Å²) in [6, 6.07) is 27.8. The minimum atomic E-state index is 0. The van der Waals surface area contributed by atoms with Gasteiger partial charge in [-0.1, -0.05) is 81.8 Å². The van der Waals surface area contributed by atoms with E-state index in [1.54, 1.807) is 11.1 Å². The minimum absolute atomic E-state index is 0. The van der Waals surface area contributed by atoms with Gasteiger partial charge in [-0.3, -0.25) is 4.98 Å². The fourth-order valence-electron chi connectivity index (χ4n) is 6.70. The van der Waals surface area contributed by atoms with E-state index in [2.05, 4.69) is 84.4 Å². The predicted molar refractivity (Wildman–Crippen MR) is 150 cm³/mol. The number of aryl methyl sites for hydroxylation is 1. The maximum Gasteiger partial charge on any atom is 0.0639 e. The fourth-order valence-corrected chi connectivity index (χ4v) is 6.70. The van der Waals surface area contributed by atoms with Crippen LogP contribution in [0.4, 0.5) is 0 Å². The SMILES string of the molecule is Cc1ccc[c-]c1-c1ncc(-c2c(C3CCCCC3)cccc2C2CCCCC2)n1-c1ccccc1.[Ir]. The molecule has 0 atom stereocenters. The summed E-state index contributed by atoms with van der Waals surface area (Å²) in [5.74, 6) is 2.28. The molecule has 0 bridgehead atoms. The second-order valence-electron chi connectivity index (χ2n) is 10.8. The predicted octanol–water partition coefficient (Wildman–Crippen LogP) is 9.41. The van der Waals surface area contributed by atoms with E-state index < -0.39 is 0 Å². The molecule has 0 unspecified atom stereocenters. The molecular formula is C34H37IrN2-. The molecule has 3 heteroatoms. The first-order valence-electron chi connectivity index (χ1n) is 14.1. The smallest absolute Gasteiger partial charge is 0.0639 e. The summed E-state index contributed by atoms with van der Waals surface area (Å²) < 4.78 is 2.41. The summed E-state index contributed by atoms with van der Waals surface area (Å²) in [5.41, 5.74) is 9.28. The third kappa shape index (κ3) is 5.27. The molecule has 1 radical (unpaired) electrons. The number of hydrogen-bond donors (Lipinski definition) is 0. The summed E-state index contributed by atoms with van der Waals surface area (Å²) in [5, 5.41) is 0. The largest absolute Gasteiger partial charge is 0.333 e. The summed E-state index contributed by atoms with van der Waals surface area (Å²) >= 11 is 0. The van der Waals surface area contributed by atoms with Gasteiger partial charge in [0.25, 0.3) is 0 Å². The topological polar surface area (TPSA) is 17.8 Å². The number of hydrogen-bond acceptors (Lipinski definition) is 1. The van der Waals surface area contributed by atoms with Crippen molar-refractivity contribution in [2.24, 2.45) is 0 Å². The van der Waals surface area contributed by atoms with Crippen LogP contribution in [0.1, 0.15) is 92.7 Å². The van der Waals surface area contributed by atoms with Crippen LogP contribution in [-0.2, 0) is 20.1 Å². The molecule has 2 aliphatic rings. The van der Waals surface area contributed by atoms with Crippen LogP contribution in [0.5, 0.6) is 0 Å². The first kappa shape index (κ1) is 26.1. The van der Waals surface area contributed by atoms with Crippen molar-refractivity contribution >= 4 is 0 Å². The molecule has 2 aliphatic carbocycles. The van der Waals surface area contributed by atoms with Gasteiger partial charge < -0.3 is 4.57 Å². The van der Waals surface area contributed by atoms with Crippen LogP contribution in [-0.4, -0.2) is 9.55 Å². The monoisotopic (exact) mass is 666 g/mol. The zero-order valence-electron chi connectivity index (χ0n) is 21.9. The van der Waals surface area contributed by atoms with Gasteiger partial charge in [-0.25, -0.2) is 0 Å². The van der Waals surface area contributed by atoms with Crippen molar-refractivity contribution in [3.8, 4) is 28.3 Å². The Balaban J connectivity index is 0.00000280. The molecule has 0 spiro atoms. The van der Waals surface area contributed by atoms with E-state index in [1.807, 2.05) is 6.07 Å². The molecule has 6 rings (SSSR count). The Hall–Kier alpha value is -2.48. The van der Waals surface area contributed by atoms with Gasteiger partial charge in [-0.05, 0) is 60.8 Å². The van der Waals surface area contributed by atoms with Crippen LogP contribution in [0.15, 0.2) is 72.9 Å². The van der Waals surface area contributed by atoms with Crippen molar-refractivity contribution in [2.45, 2.75) is 83.0 Å². The van der Waals surface area contributed by atoms with Crippen molar-refractivity contribution in [3.63, 3.8) is 0 Å². The molecule has 0 saturated heterocycles. The van der Waals surface area contributed by atoms with Gasteiger partial charge in [0, 0.05) is 37.6 Å². The van der Waals surface area contributed by atoms with Gasteiger partial charge >= 0.3 is 0 Å². The molecule has 193 valence electrons. The normalized spacial score (nSPS) is 16.9. The summed E-state index contributed by atoms with van der Waals surface area (Å²) in [6.07, 6.45) is 15.5. The molecule has 37 heavy (non-hydrogen) atoms.